The highest BCUT2D eigenvalue weighted by Crippen LogP contribution is 2.16. The van der Waals surface area contributed by atoms with Gasteiger partial charge in [0.05, 0.1) is 19.3 Å². The molecule has 2 aromatic rings. The predicted molar refractivity (Wildman–Crippen MR) is 104 cm³/mol. The molecule has 2 aromatic carbocycles. The third-order valence-electron chi connectivity index (χ3n) is 4.67. The fraction of sp³-hybridized carbons (Fsp3) is 0.350. The summed E-state index contributed by atoms with van der Waals surface area (Å²) in [5.41, 5.74) is 1.90. The van der Waals surface area contributed by atoms with E-state index < -0.39 is 0 Å². The van der Waals surface area contributed by atoms with Crippen LogP contribution in [0.4, 0.5) is 10.5 Å². The van der Waals surface area contributed by atoms with Gasteiger partial charge in [-0.2, -0.15) is 0 Å². The number of anilines is 1. The molecule has 0 saturated carbocycles. The first-order chi connectivity index (χ1) is 12.6. The number of carbonyl (C=O) groups is 1. The zero-order valence-electron chi connectivity index (χ0n) is 14.9. The van der Waals surface area contributed by atoms with Gasteiger partial charge in [0.1, 0.15) is 19.1 Å². The van der Waals surface area contributed by atoms with Gasteiger partial charge in [-0.25, -0.2) is 4.79 Å². The van der Waals surface area contributed by atoms with Crippen molar-refractivity contribution in [2.75, 3.05) is 31.6 Å². The molecule has 0 unspecified atom stereocenters. The van der Waals surface area contributed by atoms with Crippen LogP contribution in [-0.2, 0) is 4.74 Å². The number of carbonyl (C=O) groups excluding carboxylic acids is 1. The van der Waals surface area contributed by atoms with Gasteiger partial charge in [-0.05, 0) is 25.1 Å². The molecule has 0 bridgehead atoms. The lowest BCUT2D eigenvalue weighted by Gasteiger charge is -2.35. The molecule has 26 heavy (non-hydrogen) atoms. The first-order valence-electron chi connectivity index (χ1n) is 8.94. The molecular weight excluding hydrogens is 350 g/mol. The molecule has 1 heterocycles. The van der Waals surface area contributed by atoms with E-state index in [2.05, 4.69) is 29.7 Å². The lowest BCUT2D eigenvalue weighted by Crippen LogP contribution is -3.15. The predicted octanol–water partition coefficient (Wildman–Crippen LogP) is 2.51. The van der Waals surface area contributed by atoms with Gasteiger partial charge in [-0.1, -0.05) is 48.0 Å². The topological polar surface area (TPSA) is 54.8 Å². The highest BCUT2D eigenvalue weighted by molar-refractivity contribution is 6.30. The van der Waals surface area contributed by atoms with Gasteiger partial charge in [0, 0.05) is 16.3 Å². The van der Waals surface area contributed by atoms with Crippen LogP contribution >= 0.6 is 11.6 Å². The molecule has 2 atom stereocenters. The van der Waals surface area contributed by atoms with Crippen molar-refractivity contribution in [1.29, 1.82) is 0 Å². The fourth-order valence-corrected chi connectivity index (χ4v) is 3.70. The van der Waals surface area contributed by atoms with Gasteiger partial charge in [-0.15, -0.1) is 0 Å². The van der Waals surface area contributed by atoms with Gasteiger partial charge < -0.3 is 20.3 Å². The monoisotopic (exact) mass is 374 g/mol. The Balaban J connectivity index is 1.70. The Kier molecular flexibility index (Phi) is 6.50. The van der Waals surface area contributed by atoms with E-state index in [0.29, 0.717) is 10.7 Å². The summed E-state index contributed by atoms with van der Waals surface area (Å²) in [5, 5.41) is 6.54. The van der Waals surface area contributed by atoms with Crippen molar-refractivity contribution < 1.29 is 14.4 Å². The molecule has 1 aliphatic rings. The number of halogens is 1. The minimum Gasteiger partial charge on any atom is -0.370 e. The van der Waals surface area contributed by atoms with Crippen molar-refractivity contribution in [2.45, 2.75) is 19.0 Å². The van der Waals surface area contributed by atoms with Crippen LogP contribution in [0.5, 0.6) is 0 Å². The lowest BCUT2D eigenvalue weighted by atomic mass is 9.98. The summed E-state index contributed by atoms with van der Waals surface area (Å²) < 4.78 is 5.50. The first kappa shape index (κ1) is 18.7. The van der Waals surface area contributed by atoms with Gasteiger partial charge in [-0.3, -0.25) is 0 Å². The van der Waals surface area contributed by atoms with E-state index in [1.165, 1.54) is 10.5 Å². The van der Waals surface area contributed by atoms with E-state index in [-0.39, 0.29) is 18.1 Å². The van der Waals surface area contributed by atoms with Crippen LogP contribution in [0, 0.1) is 0 Å². The SMILES string of the molecule is C[C@@H](NC(=O)Nc1cccc(Cl)c1)[C@@H](c1ccccc1)[NH+]1CCOCC1. The summed E-state index contributed by atoms with van der Waals surface area (Å²) in [6.07, 6.45) is 0. The van der Waals surface area contributed by atoms with Crippen molar-refractivity contribution in [3.05, 3.63) is 65.2 Å². The summed E-state index contributed by atoms with van der Waals surface area (Å²) in [4.78, 5) is 13.9. The Morgan fingerprint density at radius 2 is 1.85 bits per heavy atom. The van der Waals surface area contributed by atoms with E-state index in [9.17, 15) is 4.79 Å². The molecule has 0 spiro atoms. The molecule has 3 N–H and O–H groups in total. The van der Waals surface area contributed by atoms with E-state index in [4.69, 9.17) is 16.3 Å². The van der Waals surface area contributed by atoms with Crippen molar-refractivity contribution in [3.63, 3.8) is 0 Å². The maximum absolute atomic E-state index is 12.5. The molecule has 1 aliphatic heterocycles. The van der Waals surface area contributed by atoms with Crippen LogP contribution in [0.2, 0.25) is 5.02 Å². The van der Waals surface area contributed by atoms with Crippen LogP contribution in [0.25, 0.3) is 0 Å². The maximum Gasteiger partial charge on any atom is 0.319 e. The summed E-state index contributed by atoms with van der Waals surface area (Å²) >= 11 is 5.98. The van der Waals surface area contributed by atoms with Gasteiger partial charge in [0.15, 0.2) is 0 Å². The van der Waals surface area contributed by atoms with Crippen LogP contribution in [0.3, 0.4) is 0 Å². The highest BCUT2D eigenvalue weighted by Gasteiger charge is 2.32. The molecule has 5 nitrogen and oxygen atoms in total. The van der Waals surface area contributed by atoms with Crippen molar-refractivity contribution in [3.8, 4) is 0 Å². The van der Waals surface area contributed by atoms with Crippen molar-refractivity contribution in [2.24, 2.45) is 0 Å². The Morgan fingerprint density at radius 1 is 1.12 bits per heavy atom. The number of rotatable bonds is 5. The Bertz CT molecular complexity index is 720. The molecule has 0 aromatic heterocycles. The van der Waals surface area contributed by atoms with Crippen molar-refractivity contribution in [1.82, 2.24) is 5.32 Å². The second kappa shape index (κ2) is 9.03. The minimum absolute atomic E-state index is 0.0373. The molecule has 0 aliphatic carbocycles. The van der Waals surface area contributed by atoms with Crippen LogP contribution in [0.15, 0.2) is 54.6 Å². The van der Waals surface area contributed by atoms with Crippen LogP contribution in [-0.4, -0.2) is 38.4 Å². The summed E-state index contributed by atoms with van der Waals surface area (Å²) in [6.45, 7) is 5.42. The third-order valence-corrected chi connectivity index (χ3v) is 4.91. The smallest absolute Gasteiger partial charge is 0.319 e. The minimum atomic E-state index is -0.228. The number of hydrogen-bond acceptors (Lipinski definition) is 2. The molecule has 2 amide bonds. The van der Waals surface area contributed by atoms with Crippen LogP contribution in [0.1, 0.15) is 18.5 Å². The van der Waals surface area contributed by atoms with E-state index in [0.717, 1.165) is 26.3 Å². The standard InChI is InChI=1S/C20H24ClN3O2/c1-15(22-20(25)23-18-9-5-8-17(21)14-18)19(16-6-3-2-4-7-16)24-10-12-26-13-11-24/h2-9,14-15,19H,10-13H2,1H3,(H2,22,23,25)/p+1/t15-,19+/m1/s1. The number of quaternary nitrogens is 1. The summed E-state index contributed by atoms with van der Waals surface area (Å²) in [7, 11) is 0. The average Bonchev–Trinajstić information content (AvgIpc) is 2.63. The number of urea groups is 1. The zero-order valence-corrected chi connectivity index (χ0v) is 15.6. The molecule has 0 radical (unpaired) electrons. The third kappa shape index (κ3) is 4.97. The molecule has 1 fully saturated rings. The number of hydrogen-bond donors (Lipinski definition) is 3. The quantitative estimate of drug-likeness (QED) is 0.753. The largest absolute Gasteiger partial charge is 0.370 e. The summed E-state index contributed by atoms with van der Waals surface area (Å²) in [5.74, 6) is 0. The molecule has 1 saturated heterocycles. The molecule has 6 heteroatoms. The normalized spacial score (nSPS) is 17.3. The molecular formula is C20H25ClN3O2+. The Hall–Kier alpha value is -2.08. The second-order valence-electron chi connectivity index (χ2n) is 6.56. The highest BCUT2D eigenvalue weighted by atomic mass is 35.5. The zero-order chi connectivity index (χ0) is 18.4. The number of morpholine rings is 1. The van der Waals surface area contributed by atoms with E-state index >= 15 is 0 Å². The average molecular weight is 375 g/mol. The Morgan fingerprint density at radius 3 is 2.54 bits per heavy atom. The number of nitrogens with one attached hydrogen (secondary N) is 3. The van der Waals surface area contributed by atoms with Gasteiger partial charge in [0.25, 0.3) is 0 Å². The first-order valence-corrected chi connectivity index (χ1v) is 9.31. The lowest BCUT2D eigenvalue weighted by molar-refractivity contribution is -0.940. The van der Waals surface area contributed by atoms with E-state index in [1.807, 2.05) is 30.3 Å². The number of amides is 2. The number of benzene rings is 2. The Labute approximate surface area is 159 Å². The van der Waals surface area contributed by atoms with E-state index in [1.54, 1.807) is 12.1 Å². The van der Waals surface area contributed by atoms with Crippen LogP contribution < -0.4 is 15.5 Å². The molecule has 138 valence electrons. The van der Waals surface area contributed by atoms with Gasteiger partial charge in [0.2, 0.25) is 0 Å². The van der Waals surface area contributed by atoms with Gasteiger partial charge >= 0.3 is 6.03 Å². The molecule has 3 rings (SSSR count). The fourth-order valence-electron chi connectivity index (χ4n) is 3.51. The maximum atomic E-state index is 12.5. The van der Waals surface area contributed by atoms with Crippen molar-refractivity contribution >= 4 is 23.3 Å². The second-order valence-corrected chi connectivity index (χ2v) is 6.99. The number of ether oxygens (including phenoxy) is 1. The summed E-state index contributed by atoms with van der Waals surface area (Å²) in [6, 6.07) is 17.4.